The molecule has 1 aliphatic heterocycles. The summed E-state index contributed by atoms with van der Waals surface area (Å²) in [6.45, 7) is 5.52. The van der Waals surface area contributed by atoms with Crippen molar-refractivity contribution < 1.29 is 38.1 Å². The molecule has 1 unspecified atom stereocenters. The molecule has 1 atom stereocenters. The number of thiazole rings is 1. The highest BCUT2D eigenvalue weighted by Gasteiger charge is 2.47. The van der Waals surface area contributed by atoms with Crippen LogP contribution in [0.2, 0.25) is 0 Å². The van der Waals surface area contributed by atoms with Crippen LogP contribution in [0.15, 0.2) is 88.5 Å². The minimum Gasteiger partial charge on any atom is -0.503 e. The summed E-state index contributed by atoms with van der Waals surface area (Å²) in [7, 11) is 1.49. The third-order valence-electron chi connectivity index (χ3n) is 7.54. The van der Waals surface area contributed by atoms with Gasteiger partial charge in [0, 0.05) is 12.3 Å². The summed E-state index contributed by atoms with van der Waals surface area (Å²) in [6.07, 6.45) is 0. The molecule has 0 aliphatic carbocycles. The number of carbonyl (C=O) groups is 3. The first-order valence-electron chi connectivity index (χ1n) is 14.5. The number of hydrogen-bond acceptors (Lipinski definition) is 10. The minimum atomic E-state index is -1.14. The fourth-order valence-electron chi connectivity index (χ4n) is 5.42. The molecule has 1 amide bonds. The Balaban J connectivity index is 1.46. The van der Waals surface area contributed by atoms with Crippen molar-refractivity contribution in [3.8, 4) is 17.2 Å². The molecule has 11 heteroatoms. The van der Waals surface area contributed by atoms with Crippen LogP contribution in [0, 0.1) is 6.92 Å². The number of rotatable bonds is 11. The molecule has 0 spiro atoms. The van der Waals surface area contributed by atoms with E-state index in [2.05, 4.69) is 4.98 Å². The van der Waals surface area contributed by atoms with E-state index in [9.17, 15) is 19.5 Å². The number of ketones is 2. The molecular formula is C35H30N2O8S. The molecule has 0 fully saturated rings. The number of benzene rings is 3. The molecule has 2 aromatic heterocycles. The van der Waals surface area contributed by atoms with E-state index in [-0.39, 0.29) is 22.2 Å². The van der Waals surface area contributed by atoms with Gasteiger partial charge >= 0.3 is 0 Å². The highest BCUT2D eigenvalue weighted by atomic mass is 32.1. The number of nitrogens with zero attached hydrogens (tertiary/aromatic N) is 2. The Hall–Kier alpha value is -5.42. The van der Waals surface area contributed by atoms with Gasteiger partial charge in [-0.05, 0) is 49.2 Å². The number of ether oxygens (including phenoxy) is 3. The molecule has 46 heavy (non-hydrogen) atoms. The first kappa shape index (κ1) is 30.6. The zero-order chi connectivity index (χ0) is 32.5. The standard InChI is InChI=1S/C35H30N2O8S/c1-5-43-26-16-22(14-15-24(26)44-18-21-10-7-6-8-11-21)29-28(30(39)27-17-23-12-9-13-25(42-4)32(23)45-27)31(40)34(41)37(29)35-36-19(2)33(46-35)20(3)38/h6-17,29,40H,5,18H2,1-4H3. The molecule has 0 bridgehead atoms. The number of fused-ring (bicyclic) bond motifs is 1. The Morgan fingerprint density at radius 2 is 1.78 bits per heavy atom. The highest BCUT2D eigenvalue weighted by molar-refractivity contribution is 7.17. The molecule has 1 N–H and O–H groups in total. The summed E-state index contributed by atoms with van der Waals surface area (Å²) in [5.74, 6) is -1.32. The van der Waals surface area contributed by atoms with Gasteiger partial charge in [-0.15, -0.1) is 0 Å². The first-order chi connectivity index (χ1) is 22.2. The number of amides is 1. The number of para-hydroxylation sites is 1. The Morgan fingerprint density at radius 3 is 2.48 bits per heavy atom. The van der Waals surface area contributed by atoms with Gasteiger partial charge in [0.05, 0.1) is 35.9 Å². The molecule has 1 aliphatic rings. The van der Waals surface area contributed by atoms with E-state index in [1.165, 1.54) is 25.0 Å². The smallest absolute Gasteiger partial charge is 0.296 e. The van der Waals surface area contributed by atoms with Crippen molar-refractivity contribution >= 4 is 44.9 Å². The van der Waals surface area contributed by atoms with E-state index >= 15 is 0 Å². The topological polar surface area (TPSA) is 128 Å². The maximum atomic E-state index is 14.2. The number of aliphatic hydroxyl groups excluding tert-OH is 1. The number of anilines is 1. The quantitative estimate of drug-likeness (QED) is 0.150. The largest absolute Gasteiger partial charge is 0.503 e. The monoisotopic (exact) mass is 638 g/mol. The van der Waals surface area contributed by atoms with Gasteiger partial charge in [-0.2, -0.15) is 0 Å². The average molecular weight is 639 g/mol. The molecule has 5 aromatic rings. The van der Waals surface area contributed by atoms with E-state index in [1.807, 2.05) is 37.3 Å². The Kier molecular flexibility index (Phi) is 8.33. The highest BCUT2D eigenvalue weighted by Crippen LogP contribution is 2.46. The second-order valence-corrected chi connectivity index (χ2v) is 11.5. The van der Waals surface area contributed by atoms with Gasteiger partial charge in [0.1, 0.15) is 6.61 Å². The fourth-order valence-corrected chi connectivity index (χ4v) is 6.41. The second kappa shape index (κ2) is 12.5. The summed E-state index contributed by atoms with van der Waals surface area (Å²) in [6, 6.07) is 20.4. The van der Waals surface area contributed by atoms with Crippen LogP contribution in [-0.4, -0.2) is 41.3 Å². The number of carbonyl (C=O) groups excluding carboxylic acids is 3. The summed E-state index contributed by atoms with van der Waals surface area (Å²) in [4.78, 5) is 46.4. The number of methoxy groups -OCH3 is 1. The molecule has 6 rings (SSSR count). The van der Waals surface area contributed by atoms with E-state index in [4.69, 9.17) is 18.6 Å². The molecule has 0 saturated heterocycles. The number of aliphatic hydroxyl groups is 1. The van der Waals surface area contributed by atoms with Crippen LogP contribution in [0.5, 0.6) is 17.2 Å². The maximum Gasteiger partial charge on any atom is 0.296 e. The van der Waals surface area contributed by atoms with Crippen LogP contribution in [-0.2, 0) is 11.4 Å². The molecule has 0 radical (unpaired) electrons. The van der Waals surface area contributed by atoms with Crippen LogP contribution in [0.4, 0.5) is 5.13 Å². The van der Waals surface area contributed by atoms with Gasteiger partial charge in [0.25, 0.3) is 5.91 Å². The predicted molar refractivity (Wildman–Crippen MR) is 172 cm³/mol. The number of aryl methyl sites for hydroxylation is 1. The third kappa shape index (κ3) is 5.49. The lowest BCUT2D eigenvalue weighted by molar-refractivity contribution is -0.117. The Labute approximate surface area is 268 Å². The van der Waals surface area contributed by atoms with Crippen molar-refractivity contribution in [3.63, 3.8) is 0 Å². The number of aromatic nitrogens is 1. The van der Waals surface area contributed by atoms with Gasteiger partial charge in [0.2, 0.25) is 5.78 Å². The van der Waals surface area contributed by atoms with Crippen LogP contribution < -0.4 is 19.1 Å². The normalized spacial score (nSPS) is 14.7. The predicted octanol–water partition coefficient (Wildman–Crippen LogP) is 7.17. The lowest BCUT2D eigenvalue weighted by Crippen LogP contribution is -2.31. The molecular weight excluding hydrogens is 608 g/mol. The van der Waals surface area contributed by atoms with Crippen LogP contribution in [0.3, 0.4) is 0 Å². The first-order valence-corrected chi connectivity index (χ1v) is 15.3. The molecule has 3 heterocycles. The van der Waals surface area contributed by atoms with Crippen molar-refractivity contribution in [1.82, 2.24) is 4.98 Å². The van der Waals surface area contributed by atoms with Gasteiger partial charge in [-0.25, -0.2) is 4.98 Å². The van der Waals surface area contributed by atoms with E-state index < -0.39 is 23.5 Å². The lowest BCUT2D eigenvalue weighted by atomic mass is 9.95. The summed E-state index contributed by atoms with van der Waals surface area (Å²) < 4.78 is 23.3. The van der Waals surface area contributed by atoms with Crippen molar-refractivity contribution in [2.24, 2.45) is 0 Å². The Morgan fingerprint density at radius 1 is 1.00 bits per heavy atom. The summed E-state index contributed by atoms with van der Waals surface area (Å²) in [5, 5.41) is 12.1. The number of Topliss-reactive ketones (excluding diaryl/α,β-unsaturated/α-hetero) is 2. The zero-order valence-electron chi connectivity index (χ0n) is 25.5. The van der Waals surface area contributed by atoms with Gasteiger partial charge in [-0.1, -0.05) is 59.9 Å². The van der Waals surface area contributed by atoms with Gasteiger partial charge in [-0.3, -0.25) is 19.3 Å². The number of hydrogen-bond donors (Lipinski definition) is 1. The minimum absolute atomic E-state index is 0.0895. The van der Waals surface area contributed by atoms with E-state index in [1.54, 1.807) is 43.3 Å². The molecule has 3 aromatic carbocycles. The number of furan rings is 1. The maximum absolute atomic E-state index is 14.2. The van der Waals surface area contributed by atoms with E-state index in [0.29, 0.717) is 57.6 Å². The van der Waals surface area contributed by atoms with Crippen LogP contribution >= 0.6 is 11.3 Å². The molecule has 10 nitrogen and oxygen atoms in total. The lowest BCUT2D eigenvalue weighted by Gasteiger charge is -2.25. The fraction of sp³-hybridized carbons (Fsp3) is 0.200. The van der Waals surface area contributed by atoms with Gasteiger partial charge < -0.3 is 23.7 Å². The van der Waals surface area contributed by atoms with Gasteiger partial charge in [0.15, 0.2) is 45.3 Å². The Bertz CT molecular complexity index is 2010. The van der Waals surface area contributed by atoms with Crippen LogP contribution in [0.1, 0.15) is 56.9 Å². The van der Waals surface area contributed by atoms with Crippen LogP contribution in [0.25, 0.3) is 11.0 Å². The third-order valence-corrected chi connectivity index (χ3v) is 8.79. The van der Waals surface area contributed by atoms with Crippen molar-refractivity contribution in [2.75, 3.05) is 18.6 Å². The molecule has 234 valence electrons. The summed E-state index contributed by atoms with van der Waals surface area (Å²) in [5.41, 5.74) is 1.99. The van der Waals surface area contributed by atoms with E-state index in [0.717, 1.165) is 16.9 Å². The molecule has 0 saturated carbocycles. The second-order valence-electron chi connectivity index (χ2n) is 10.5. The van der Waals surface area contributed by atoms with Crippen molar-refractivity contribution in [3.05, 3.63) is 112 Å². The van der Waals surface area contributed by atoms with Crippen molar-refractivity contribution in [1.29, 1.82) is 0 Å². The van der Waals surface area contributed by atoms with Crippen molar-refractivity contribution in [2.45, 2.75) is 33.4 Å². The zero-order valence-corrected chi connectivity index (χ0v) is 26.3. The summed E-state index contributed by atoms with van der Waals surface area (Å²) >= 11 is 1.01. The SMILES string of the molecule is CCOc1cc(C2C(C(=O)c3cc4cccc(OC)c4o3)=C(O)C(=O)N2c2nc(C)c(C(C)=O)s2)ccc1OCc1ccccc1. The average Bonchev–Trinajstić information content (AvgIpc) is 3.74.